The van der Waals surface area contributed by atoms with Gasteiger partial charge in [0.1, 0.15) is 5.56 Å². The van der Waals surface area contributed by atoms with Crippen LogP contribution < -0.4 is 15.0 Å². The van der Waals surface area contributed by atoms with Crippen LogP contribution in [0.15, 0.2) is 35.3 Å². The van der Waals surface area contributed by atoms with E-state index in [1.807, 2.05) is 17.9 Å². The number of carbonyl (C=O) groups excluding carboxylic acids is 1. The van der Waals surface area contributed by atoms with Crippen molar-refractivity contribution in [2.75, 3.05) is 19.9 Å². The Morgan fingerprint density at radius 3 is 2.59 bits per heavy atom. The summed E-state index contributed by atoms with van der Waals surface area (Å²) < 4.78 is 12.3. The maximum absolute atomic E-state index is 13.2. The molecule has 0 unspecified atom stereocenters. The van der Waals surface area contributed by atoms with Crippen LogP contribution in [0.5, 0.6) is 11.5 Å². The van der Waals surface area contributed by atoms with E-state index in [4.69, 9.17) is 9.47 Å². The van der Waals surface area contributed by atoms with E-state index in [-0.39, 0.29) is 23.8 Å². The molecule has 2 atom stereocenters. The minimum Gasteiger partial charge on any atom is -0.454 e. The molecule has 27 heavy (non-hydrogen) atoms. The SMILES string of the molecule is Cc1ccn(-c2ccc3c(c2)OCO3)c(=O)c1C(=O)N1C[C@@H]2CC[C@@H](C2)C1. The standard InChI is InChI=1S/C21H22N2O4/c1-13-6-7-23(16-4-5-17-18(9-16)27-12-26-17)21(25)19(13)20(24)22-10-14-2-3-15(8-14)11-22/h4-7,9,14-15H,2-3,8,10-12H2,1H3/t14-,15+. The third-order valence-electron chi connectivity index (χ3n) is 6.04. The molecule has 2 aliphatic heterocycles. The largest absolute Gasteiger partial charge is 0.454 e. The molecule has 3 heterocycles. The molecular formula is C21H22N2O4. The zero-order chi connectivity index (χ0) is 18.5. The molecule has 6 nitrogen and oxygen atoms in total. The number of carbonyl (C=O) groups is 1. The quantitative estimate of drug-likeness (QED) is 0.820. The van der Waals surface area contributed by atoms with E-state index in [1.165, 1.54) is 23.8 Å². The molecule has 2 fully saturated rings. The van der Waals surface area contributed by atoms with Gasteiger partial charge in [0.25, 0.3) is 11.5 Å². The fourth-order valence-electron chi connectivity index (χ4n) is 4.66. The predicted molar refractivity (Wildman–Crippen MR) is 99.6 cm³/mol. The van der Waals surface area contributed by atoms with Gasteiger partial charge in [-0.1, -0.05) is 0 Å². The van der Waals surface area contributed by atoms with Crippen LogP contribution in [0.25, 0.3) is 5.69 Å². The topological polar surface area (TPSA) is 60.8 Å². The summed E-state index contributed by atoms with van der Waals surface area (Å²) in [6.45, 7) is 3.56. The number of fused-ring (bicyclic) bond motifs is 3. The molecule has 1 aromatic carbocycles. The molecule has 1 aromatic heterocycles. The number of ether oxygens (including phenoxy) is 2. The molecule has 0 N–H and O–H groups in total. The van der Waals surface area contributed by atoms with Crippen molar-refractivity contribution in [3.05, 3.63) is 51.9 Å². The van der Waals surface area contributed by atoms with Crippen molar-refractivity contribution in [1.82, 2.24) is 9.47 Å². The highest BCUT2D eigenvalue weighted by atomic mass is 16.7. The fraction of sp³-hybridized carbons (Fsp3) is 0.429. The molecule has 1 aliphatic carbocycles. The zero-order valence-corrected chi connectivity index (χ0v) is 15.3. The van der Waals surface area contributed by atoms with Crippen molar-refractivity contribution in [1.29, 1.82) is 0 Å². The lowest BCUT2D eigenvalue weighted by Gasteiger charge is -2.32. The van der Waals surface area contributed by atoms with Crippen LogP contribution in [-0.2, 0) is 0 Å². The average molecular weight is 366 g/mol. The summed E-state index contributed by atoms with van der Waals surface area (Å²) in [5.74, 6) is 2.32. The summed E-state index contributed by atoms with van der Waals surface area (Å²) in [6.07, 6.45) is 5.33. The first-order valence-electron chi connectivity index (χ1n) is 9.51. The van der Waals surface area contributed by atoms with E-state index in [1.54, 1.807) is 24.4 Å². The smallest absolute Gasteiger partial charge is 0.268 e. The van der Waals surface area contributed by atoms with E-state index < -0.39 is 0 Å². The van der Waals surface area contributed by atoms with Gasteiger partial charge in [0.05, 0.1) is 5.69 Å². The van der Waals surface area contributed by atoms with Crippen LogP contribution in [0.2, 0.25) is 0 Å². The van der Waals surface area contributed by atoms with E-state index >= 15 is 0 Å². The molecule has 0 spiro atoms. The number of aryl methyl sites for hydroxylation is 1. The lowest BCUT2D eigenvalue weighted by Crippen LogP contribution is -2.43. The van der Waals surface area contributed by atoms with Crippen LogP contribution >= 0.6 is 0 Å². The summed E-state index contributed by atoms with van der Waals surface area (Å²) in [4.78, 5) is 28.3. The van der Waals surface area contributed by atoms with Crippen molar-refractivity contribution in [2.45, 2.75) is 26.2 Å². The Labute approximate surface area is 157 Å². The number of hydrogen-bond donors (Lipinski definition) is 0. The number of nitrogens with zero attached hydrogens (tertiary/aromatic N) is 2. The van der Waals surface area contributed by atoms with Crippen molar-refractivity contribution in [3.8, 4) is 17.2 Å². The highest BCUT2D eigenvalue weighted by Crippen LogP contribution is 2.37. The number of likely N-dealkylation sites (tertiary alicyclic amines) is 1. The third-order valence-corrected chi connectivity index (χ3v) is 6.04. The number of pyridine rings is 1. The molecule has 0 radical (unpaired) electrons. The number of hydrogen-bond acceptors (Lipinski definition) is 4. The van der Waals surface area contributed by atoms with Crippen molar-refractivity contribution in [2.24, 2.45) is 11.8 Å². The van der Waals surface area contributed by atoms with Crippen LogP contribution in [0.1, 0.15) is 35.2 Å². The molecule has 2 bridgehead atoms. The van der Waals surface area contributed by atoms with Gasteiger partial charge in [0.2, 0.25) is 6.79 Å². The number of benzene rings is 1. The van der Waals surface area contributed by atoms with Crippen LogP contribution in [0, 0.1) is 18.8 Å². The minimum absolute atomic E-state index is 0.135. The van der Waals surface area contributed by atoms with Gasteiger partial charge in [-0.25, -0.2) is 0 Å². The van der Waals surface area contributed by atoms with E-state index in [2.05, 4.69) is 0 Å². The first-order valence-corrected chi connectivity index (χ1v) is 9.51. The van der Waals surface area contributed by atoms with Crippen LogP contribution in [0.3, 0.4) is 0 Å². The van der Waals surface area contributed by atoms with E-state index in [0.717, 1.165) is 18.7 Å². The number of amides is 1. The Kier molecular flexibility index (Phi) is 3.74. The Bertz CT molecular complexity index is 969. The molecule has 140 valence electrons. The van der Waals surface area contributed by atoms with Gasteiger partial charge in [-0.15, -0.1) is 0 Å². The summed E-state index contributed by atoms with van der Waals surface area (Å²) in [7, 11) is 0. The highest BCUT2D eigenvalue weighted by molar-refractivity contribution is 5.95. The van der Waals surface area contributed by atoms with Gasteiger partial charge in [-0.2, -0.15) is 0 Å². The first-order chi connectivity index (χ1) is 13.1. The van der Waals surface area contributed by atoms with Crippen molar-refractivity contribution < 1.29 is 14.3 Å². The number of piperidine rings is 1. The predicted octanol–water partition coefficient (Wildman–Crippen LogP) is 2.75. The van der Waals surface area contributed by atoms with E-state index in [0.29, 0.717) is 29.0 Å². The van der Waals surface area contributed by atoms with Gasteiger partial charge in [0.15, 0.2) is 11.5 Å². The molecule has 3 aliphatic rings. The van der Waals surface area contributed by atoms with Gasteiger partial charge in [-0.3, -0.25) is 14.2 Å². The maximum atomic E-state index is 13.2. The van der Waals surface area contributed by atoms with Crippen LogP contribution in [-0.4, -0.2) is 35.3 Å². The second-order valence-electron chi connectivity index (χ2n) is 7.84. The lowest BCUT2D eigenvalue weighted by molar-refractivity contribution is 0.0659. The molecular weight excluding hydrogens is 344 g/mol. The normalized spacial score (nSPS) is 22.9. The van der Waals surface area contributed by atoms with Crippen molar-refractivity contribution in [3.63, 3.8) is 0 Å². The monoisotopic (exact) mass is 366 g/mol. The molecule has 1 amide bonds. The summed E-state index contributed by atoms with van der Waals surface area (Å²) >= 11 is 0. The molecule has 1 saturated carbocycles. The Hall–Kier alpha value is -2.76. The Balaban J connectivity index is 1.53. The third kappa shape index (κ3) is 2.71. The number of aromatic nitrogens is 1. The minimum atomic E-state index is -0.281. The average Bonchev–Trinajstić information content (AvgIpc) is 3.26. The summed E-state index contributed by atoms with van der Waals surface area (Å²) in [5.41, 5.74) is 1.38. The first kappa shape index (κ1) is 16.4. The number of rotatable bonds is 2. The van der Waals surface area contributed by atoms with Gasteiger partial charge < -0.3 is 14.4 Å². The van der Waals surface area contributed by atoms with E-state index in [9.17, 15) is 9.59 Å². The summed E-state index contributed by atoms with van der Waals surface area (Å²) in [6, 6.07) is 7.19. The zero-order valence-electron chi connectivity index (χ0n) is 15.3. The lowest BCUT2D eigenvalue weighted by atomic mass is 9.97. The molecule has 2 aromatic rings. The molecule has 1 saturated heterocycles. The second kappa shape index (κ2) is 6.15. The Morgan fingerprint density at radius 2 is 1.81 bits per heavy atom. The molecule has 6 heteroatoms. The fourth-order valence-corrected chi connectivity index (χ4v) is 4.66. The van der Waals surface area contributed by atoms with Gasteiger partial charge in [0, 0.05) is 25.4 Å². The van der Waals surface area contributed by atoms with Crippen molar-refractivity contribution >= 4 is 5.91 Å². The Morgan fingerprint density at radius 1 is 1.07 bits per heavy atom. The van der Waals surface area contributed by atoms with Gasteiger partial charge >= 0.3 is 0 Å². The molecule has 5 rings (SSSR count). The highest BCUT2D eigenvalue weighted by Gasteiger charge is 2.36. The maximum Gasteiger partial charge on any atom is 0.268 e. The van der Waals surface area contributed by atoms with Crippen LogP contribution in [0.4, 0.5) is 0 Å². The second-order valence-corrected chi connectivity index (χ2v) is 7.84. The van der Waals surface area contributed by atoms with Gasteiger partial charge in [-0.05, 0) is 61.8 Å². The summed E-state index contributed by atoms with van der Waals surface area (Å²) in [5, 5.41) is 0.